The van der Waals surface area contributed by atoms with Crippen molar-refractivity contribution in [2.45, 2.75) is 27.3 Å². The summed E-state index contributed by atoms with van der Waals surface area (Å²) in [7, 11) is 1.77. The monoisotopic (exact) mass is 372 g/mol. The van der Waals surface area contributed by atoms with Gasteiger partial charge in [0, 0.05) is 19.3 Å². The van der Waals surface area contributed by atoms with Crippen molar-refractivity contribution < 1.29 is 9.53 Å². The van der Waals surface area contributed by atoms with Crippen LogP contribution in [-0.4, -0.2) is 40.9 Å². The van der Waals surface area contributed by atoms with E-state index in [1.165, 1.54) is 0 Å². The summed E-state index contributed by atoms with van der Waals surface area (Å²) in [6, 6.07) is 10.0. The molecule has 0 saturated carbocycles. The number of aromatic nitrogens is 1. The zero-order valence-corrected chi connectivity index (χ0v) is 16.3. The maximum Gasteiger partial charge on any atom is 0.340 e. The first-order chi connectivity index (χ1) is 12.4. The van der Waals surface area contributed by atoms with Crippen LogP contribution in [-0.2, 0) is 11.3 Å². The van der Waals surface area contributed by atoms with Gasteiger partial charge in [0.15, 0.2) is 5.11 Å². The molecular weight excluding hydrogens is 348 g/mol. The van der Waals surface area contributed by atoms with Crippen LogP contribution >= 0.6 is 12.2 Å². The van der Waals surface area contributed by atoms with E-state index in [-0.39, 0.29) is 5.97 Å². The Morgan fingerprint density at radius 3 is 2.69 bits per heavy atom. The van der Waals surface area contributed by atoms with Gasteiger partial charge in [0.2, 0.25) is 0 Å². The minimum Gasteiger partial charge on any atom is -0.462 e. The highest BCUT2D eigenvalue weighted by Crippen LogP contribution is 2.17. The number of esters is 1. The number of carbonyl (C=O) groups is 1. The van der Waals surface area contributed by atoms with E-state index in [1.54, 1.807) is 25.2 Å². The van der Waals surface area contributed by atoms with E-state index in [1.807, 2.05) is 44.2 Å². The molecule has 0 aliphatic rings. The average molecular weight is 372 g/mol. The Balaban J connectivity index is 2.01. The molecule has 2 rings (SSSR count). The van der Waals surface area contributed by atoms with E-state index >= 15 is 0 Å². The Hall–Kier alpha value is -2.67. The second kappa shape index (κ2) is 9.15. The lowest BCUT2D eigenvalue weighted by atomic mass is 10.1. The van der Waals surface area contributed by atoms with Crippen LogP contribution in [0.25, 0.3) is 0 Å². The molecule has 7 heteroatoms. The molecule has 0 spiro atoms. The lowest BCUT2D eigenvalue weighted by Gasteiger charge is -2.15. The van der Waals surface area contributed by atoms with E-state index in [0.717, 1.165) is 22.5 Å². The Morgan fingerprint density at radius 2 is 2.04 bits per heavy atom. The normalized spacial score (nSPS) is 10.8. The summed E-state index contributed by atoms with van der Waals surface area (Å²) in [5.41, 5.74) is 4.02. The molecule has 0 radical (unpaired) electrons. The van der Waals surface area contributed by atoms with Crippen molar-refractivity contribution >= 4 is 29.5 Å². The maximum atomic E-state index is 12.0. The molecule has 2 aromatic rings. The van der Waals surface area contributed by atoms with E-state index in [4.69, 9.17) is 17.0 Å². The third kappa shape index (κ3) is 4.92. The number of hydrogen-bond donors (Lipinski definition) is 2. The number of aromatic amines is 1. The van der Waals surface area contributed by atoms with Gasteiger partial charge in [0.05, 0.1) is 24.1 Å². The number of thiocarbonyl (C=S) groups is 1. The molecule has 0 aliphatic heterocycles. The molecule has 1 heterocycles. The van der Waals surface area contributed by atoms with Crippen molar-refractivity contribution in [1.82, 2.24) is 15.3 Å². The molecule has 1 aromatic heterocycles. The van der Waals surface area contributed by atoms with Gasteiger partial charge < -0.3 is 15.0 Å². The number of H-pyrrole nitrogens is 1. The van der Waals surface area contributed by atoms with Gasteiger partial charge in [0.1, 0.15) is 0 Å². The first-order valence-electron chi connectivity index (χ1n) is 8.39. The standard InChI is InChI=1S/C19H24N4O2S/c1-5-25-18(24)17-13(2)16(22-14(17)3)12-21-23(4)19(26)20-11-15-9-7-6-8-10-15/h6-10,12,22H,5,11H2,1-4H3,(H,20,26)/b21-12+. The zero-order valence-electron chi connectivity index (χ0n) is 15.5. The summed E-state index contributed by atoms with van der Waals surface area (Å²) in [5.74, 6) is -0.327. The van der Waals surface area contributed by atoms with Crippen LogP contribution in [0.1, 0.15) is 39.8 Å². The number of hydrazone groups is 1. The fourth-order valence-corrected chi connectivity index (χ4v) is 2.62. The van der Waals surface area contributed by atoms with Gasteiger partial charge in [-0.2, -0.15) is 5.10 Å². The molecule has 0 amide bonds. The molecule has 138 valence electrons. The second-order valence-corrected chi connectivity index (χ2v) is 6.18. The number of aryl methyl sites for hydroxylation is 1. The zero-order chi connectivity index (χ0) is 19.1. The molecule has 1 aromatic carbocycles. The second-order valence-electron chi connectivity index (χ2n) is 5.80. The number of carbonyl (C=O) groups excluding carboxylic acids is 1. The average Bonchev–Trinajstić information content (AvgIpc) is 2.92. The largest absolute Gasteiger partial charge is 0.462 e. The van der Waals surface area contributed by atoms with Crippen LogP contribution in [0.3, 0.4) is 0 Å². The van der Waals surface area contributed by atoms with Gasteiger partial charge in [-0.05, 0) is 44.1 Å². The Bertz CT molecular complexity index is 799. The molecule has 2 N–H and O–H groups in total. The van der Waals surface area contributed by atoms with Gasteiger partial charge in [-0.15, -0.1) is 0 Å². The number of nitrogens with zero attached hydrogens (tertiary/aromatic N) is 2. The first-order valence-corrected chi connectivity index (χ1v) is 8.80. The van der Waals surface area contributed by atoms with Crippen LogP contribution in [0.5, 0.6) is 0 Å². The molecule has 0 fully saturated rings. The summed E-state index contributed by atoms with van der Waals surface area (Å²) < 4.78 is 5.10. The molecule has 26 heavy (non-hydrogen) atoms. The molecule has 6 nitrogen and oxygen atoms in total. The highest BCUT2D eigenvalue weighted by Gasteiger charge is 2.18. The molecular formula is C19H24N4O2S. The number of hydrogen-bond acceptors (Lipinski definition) is 4. The summed E-state index contributed by atoms with van der Waals surface area (Å²) >= 11 is 5.35. The summed E-state index contributed by atoms with van der Waals surface area (Å²) in [4.78, 5) is 15.2. The van der Waals surface area contributed by atoms with E-state index in [9.17, 15) is 4.79 Å². The highest BCUT2D eigenvalue weighted by atomic mass is 32.1. The lowest BCUT2D eigenvalue weighted by Crippen LogP contribution is -2.33. The molecule has 0 saturated heterocycles. The number of benzene rings is 1. The Kier molecular flexibility index (Phi) is 6.91. The van der Waals surface area contributed by atoms with E-state index < -0.39 is 0 Å². The van der Waals surface area contributed by atoms with Gasteiger partial charge in [-0.3, -0.25) is 0 Å². The number of ether oxygens (including phenoxy) is 1. The van der Waals surface area contributed by atoms with Crippen molar-refractivity contribution in [2.75, 3.05) is 13.7 Å². The van der Waals surface area contributed by atoms with Gasteiger partial charge >= 0.3 is 5.97 Å². The highest BCUT2D eigenvalue weighted by molar-refractivity contribution is 7.80. The third-order valence-corrected chi connectivity index (χ3v) is 4.30. The summed E-state index contributed by atoms with van der Waals surface area (Å²) in [5, 5.41) is 9.60. The van der Waals surface area contributed by atoms with Crippen LogP contribution in [0.4, 0.5) is 0 Å². The van der Waals surface area contributed by atoms with Crippen LogP contribution in [0, 0.1) is 13.8 Å². The quantitative estimate of drug-likeness (QED) is 0.353. The van der Waals surface area contributed by atoms with Crippen LogP contribution in [0.2, 0.25) is 0 Å². The van der Waals surface area contributed by atoms with Crippen LogP contribution in [0.15, 0.2) is 35.4 Å². The molecule has 0 aliphatic carbocycles. The van der Waals surface area contributed by atoms with Gasteiger partial charge in [-0.1, -0.05) is 30.3 Å². The maximum absolute atomic E-state index is 12.0. The number of nitrogens with one attached hydrogen (secondary N) is 2. The Labute approximate surface area is 159 Å². The van der Waals surface area contributed by atoms with Gasteiger partial charge in [0.25, 0.3) is 0 Å². The lowest BCUT2D eigenvalue weighted by molar-refractivity contribution is 0.0525. The summed E-state index contributed by atoms with van der Waals surface area (Å²) in [6.45, 7) is 6.47. The van der Waals surface area contributed by atoms with E-state index in [2.05, 4.69) is 15.4 Å². The van der Waals surface area contributed by atoms with Crippen molar-refractivity contribution in [3.63, 3.8) is 0 Å². The molecule has 0 bridgehead atoms. The molecule has 0 atom stereocenters. The van der Waals surface area contributed by atoms with Crippen LogP contribution < -0.4 is 5.32 Å². The van der Waals surface area contributed by atoms with Gasteiger partial charge in [-0.25, -0.2) is 9.80 Å². The molecule has 0 unspecified atom stereocenters. The smallest absolute Gasteiger partial charge is 0.340 e. The number of rotatable bonds is 6. The minimum atomic E-state index is -0.327. The first kappa shape index (κ1) is 19.7. The minimum absolute atomic E-state index is 0.327. The van der Waals surface area contributed by atoms with E-state index in [0.29, 0.717) is 23.8 Å². The van der Waals surface area contributed by atoms with Crippen molar-refractivity contribution in [3.8, 4) is 0 Å². The summed E-state index contributed by atoms with van der Waals surface area (Å²) in [6.07, 6.45) is 1.65. The fraction of sp³-hybridized carbons (Fsp3) is 0.316. The predicted octanol–water partition coefficient (Wildman–Crippen LogP) is 3.15. The van der Waals surface area contributed by atoms with Crippen molar-refractivity contribution in [1.29, 1.82) is 0 Å². The topological polar surface area (TPSA) is 69.7 Å². The predicted molar refractivity (Wildman–Crippen MR) is 107 cm³/mol. The van der Waals surface area contributed by atoms with Crippen molar-refractivity contribution in [3.05, 3.63) is 58.4 Å². The fourth-order valence-electron chi connectivity index (χ4n) is 2.50. The Morgan fingerprint density at radius 1 is 1.35 bits per heavy atom. The third-order valence-electron chi connectivity index (χ3n) is 3.90. The van der Waals surface area contributed by atoms with Crippen molar-refractivity contribution in [2.24, 2.45) is 5.10 Å². The SMILES string of the molecule is CCOC(=O)c1c(C)[nH]c(/C=N/N(C)C(=S)NCc2ccccc2)c1C.